The van der Waals surface area contributed by atoms with Gasteiger partial charge in [0, 0.05) is 18.8 Å². The van der Waals surface area contributed by atoms with E-state index in [4.69, 9.17) is 4.74 Å². The summed E-state index contributed by atoms with van der Waals surface area (Å²) in [5.74, 6) is -1.12. The van der Waals surface area contributed by atoms with Crippen molar-refractivity contribution < 1.29 is 23.1 Å². The molecule has 1 aliphatic rings. The Hall–Kier alpha value is -1.99. The number of carbonyl (C=O) groups is 2. The fourth-order valence-corrected chi connectivity index (χ4v) is 2.57. The molecule has 1 fully saturated rings. The van der Waals surface area contributed by atoms with E-state index in [1.54, 1.807) is 6.92 Å². The van der Waals surface area contributed by atoms with Gasteiger partial charge in [0.1, 0.15) is 0 Å². The van der Waals surface area contributed by atoms with Crippen molar-refractivity contribution in [3.8, 4) is 0 Å². The van der Waals surface area contributed by atoms with Crippen LogP contribution >= 0.6 is 0 Å². The number of nitrogens with zero attached hydrogens (tertiary/aromatic N) is 3. The van der Waals surface area contributed by atoms with Gasteiger partial charge in [-0.1, -0.05) is 0 Å². The van der Waals surface area contributed by atoms with E-state index < -0.39 is 12.5 Å². The van der Waals surface area contributed by atoms with Crippen LogP contribution in [0.1, 0.15) is 42.5 Å². The van der Waals surface area contributed by atoms with Gasteiger partial charge < -0.3 is 9.64 Å². The monoisotopic (exact) mass is 315 g/mol. The number of aromatic nitrogens is 2. The van der Waals surface area contributed by atoms with Crippen molar-refractivity contribution in [2.24, 2.45) is 5.92 Å². The van der Waals surface area contributed by atoms with Gasteiger partial charge in [0.05, 0.1) is 12.5 Å². The number of halogens is 2. The molecular weight excluding hydrogens is 296 g/mol. The summed E-state index contributed by atoms with van der Waals surface area (Å²) in [5, 5.41) is 3.65. The molecule has 0 spiro atoms. The Bertz CT molecular complexity index is 560. The zero-order valence-corrected chi connectivity index (χ0v) is 12.6. The first-order valence-electron chi connectivity index (χ1n) is 7.24. The van der Waals surface area contributed by atoms with E-state index >= 15 is 0 Å². The number of aryl methyl sites for hydroxylation is 1. The lowest BCUT2D eigenvalue weighted by Gasteiger charge is -2.31. The van der Waals surface area contributed by atoms with Crippen molar-refractivity contribution in [2.45, 2.75) is 33.2 Å². The predicted octanol–water partition coefficient (Wildman–Crippen LogP) is 2.00. The van der Waals surface area contributed by atoms with E-state index in [0.29, 0.717) is 30.7 Å². The molecule has 0 aromatic carbocycles. The van der Waals surface area contributed by atoms with Crippen molar-refractivity contribution in [1.29, 1.82) is 0 Å². The maximum Gasteiger partial charge on any atom is 0.333 e. The molecule has 1 aromatic heterocycles. The maximum atomic E-state index is 12.7. The number of hydrogen-bond donors (Lipinski definition) is 0. The van der Waals surface area contributed by atoms with Crippen LogP contribution in [-0.2, 0) is 9.53 Å². The fourth-order valence-electron chi connectivity index (χ4n) is 2.57. The molecule has 0 aliphatic carbocycles. The van der Waals surface area contributed by atoms with Gasteiger partial charge in [-0.3, -0.25) is 9.59 Å². The molecule has 1 saturated heterocycles. The second kappa shape index (κ2) is 6.85. The van der Waals surface area contributed by atoms with Crippen LogP contribution in [0.3, 0.4) is 0 Å². The van der Waals surface area contributed by atoms with Gasteiger partial charge in [0.15, 0.2) is 5.69 Å². The number of amides is 1. The molecule has 22 heavy (non-hydrogen) atoms. The Morgan fingerprint density at radius 1 is 1.50 bits per heavy atom. The van der Waals surface area contributed by atoms with Gasteiger partial charge in [0.2, 0.25) is 0 Å². The number of alkyl halides is 2. The molecule has 1 amide bonds. The number of esters is 1. The SMILES string of the molecule is CCOC(=O)C1CCCN(C(=O)c2cc(C)n(C(F)F)n2)C1. The lowest BCUT2D eigenvalue weighted by atomic mass is 9.98. The third-order valence-electron chi connectivity index (χ3n) is 3.65. The summed E-state index contributed by atoms with van der Waals surface area (Å²) in [6.45, 7) is 1.42. The van der Waals surface area contributed by atoms with E-state index in [-0.39, 0.29) is 29.8 Å². The van der Waals surface area contributed by atoms with Crippen LogP contribution < -0.4 is 0 Å². The van der Waals surface area contributed by atoms with Crippen LogP contribution in [0, 0.1) is 12.8 Å². The quantitative estimate of drug-likeness (QED) is 0.797. The average Bonchev–Trinajstić information content (AvgIpc) is 2.89. The molecule has 0 saturated carbocycles. The molecule has 1 aromatic rings. The van der Waals surface area contributed by atoms with Crippen LogP contribution in [0.2, 0.25) is 0 Å². The number of rotatable bonds is 4. The Labute approximate surface area is 127 Å². The molecule has 2 rings (SSSR count). The Morgan fingerprint density at radius 2 is 2.23 bits per heavy atom. The maximum absolute atomic E-state index is 12.7. The van der Waals surface area contributed by atoms with Gasteiger partial charge in [-0.25, -0.2) is 4.68 Å². The van der Waals surface area contributed by atoms with Crippen LogP contribution in [0.25, 0.3) is 0 Å². The van der Waals surface area contributed by atoms with Crippen LogP contribution in [-0.4, -0.2) is 46.3 Å². The first kappa shape index (κ1) is 16.4. The predicted molar refractivity (Wildman–Crippen MR) is 73.5 cm³/mol. The first-order valence-corrected chi connectivity index (χ1v) is 7.24. The Balaban J connectivity index is 2.09. The minimum atomic E-state index is -2.78. The highest BCUT2D eigenvalue weighted by Gasteiger charge is 2.31. The molecule has 0 N–H and O–H groups in total. The molecular formula is C14H19F2N3O3. The third kappa shape index (κ3) is 3.42. The third-order valence-corrected chi connectivity index (χ3v) is 3.65. The zero-order chi connectivity index (χ0) is 16.3. The number of carbonyl (C=O) groups excluding carboxylic acids is 2. The highest BCUT2D eigenvalue weighted by molar-refractivity contribution is 5.92. The van der Waals surface area contributed by atoms with Gasteiger partial charge in [0.25, 0.3) is 5.91 Å². The normalized spacial score (nSPS) is 18.6. The van der Waals surface area contributed by atoms with Crippen molar-refractivity contribution in [2.75, 3.05) is 19.7 Å². The molecule has 2 heterocycles. The number of likely N-dealkylation sites (tertiary alicyclic amines) is 1. The first-order chi connectivity index (χ1) is 10.4. The summed E-state index contributed by atoms with van der Waals surface area (Å²) < 4.78 is 30.9. The summed E-state index contributed by atoms with van der Waals surface area (Å²) in [4.78, 5) is 25.6. The van der Waals surface area contributed by atoms with Crippen molar-refractivity contribution in [3.05, 3.63) is 17.5 Å². The van der Waals surface area contributed by atoms with E-state index in [2.05, 4.69) is 5.10 Å². The molecule has 0 radical (unpaired) electrons. The standard InChI is InChI=1S/C14H19F2N3O3/c1-3-22-13(21)10-5-4-6-18(8-10)12(20)11-7-9(2)19(17-11)14(15)16/h7,10,14H,3-6,8H2,1-2H3. The summed E-state index contributed by atoms with van der Waals surface area (Å²) in [6, 6.07) is 1.34. The average molecular weight is 315 g/mol. The molecule has 8 heteroatoms. The van der Waals surface area contributed by atoms with Crippen LogP contribution in [0.4, 0.5) is 8.78 Å². The minimum absolute atomic E-state index is 0.0256. The van der Waals surface area contributed by atoms with Crippen molar-refractivity contribution in [3.63, 3.8) is 0 Å². The minimum Gasteiger partial charge on any atom is -0.466 e. The van der Waals surface area contributed by atoms with Crippen molar-refractivity contribution >= 4 is 11.9 Å². The molecule has 1 atom stereocenters. The van der Waals surface area contributed by atoms with Gasteiger partial charge in [-0.2, -0.15) is 13.9 Å². The van der Waals surface area contributed by atoms with E-state index in [1.165, 1.54) is 17.9 Å². The Morgan fingerprint density at radius 3 is 2.82 bits per heavy atom. The van der Waals surface area contributed by atoms with Gasteiger partial charge >= 0.3 is 12.5 Å². The molecule has 6 nitrogen and oxygen atoms in total. The topological polar surface area (TPSA) is 64.4 Å². The zero-order valence-electron chi connectivity index (χ0n) is 12.6. The van der Waals surface area contributed by atoms with Crippen LogP contribution in [0.15, 0.2) is 6.07 Å². The second-order valence-electron chi connectivity index (χ2n) is 5.24. The van der Waals surface area contributed by atoms with Crippen molar-refractivity contribution in [1.82, 2.24) is 14.7 Å². The number of piperidine rings is 1. The Kier molecular flexibility index (Phi) is 5.10. The molecule has 0 bridgehead atoms. The van der Waals surface area contributed by atoms with E-state index in [1.807, 2.05) is 0 Å². The highest BCUT2D eigenvalue weighted by Crippen LogP contribution is 2.21. The molecule has 1 unspecified atom stereocenters. The summed E-state index contributed by atoms with van der Waals surface area (Å²) >= 11 is 0. The summed E-state index contributed by atoms with van der Waals surface area (Å²) in [7, 11) is 0. The molecule has 1 aliphatic heterocycles. The van der Waals surface area contributed by atoms with Gasteiger partial charge in [-0.05, 0) is 32.8 Å². The summed E-state index contributed by atoms with van der Waals surface area (Å²) in [5.41, 5.74) is 0.194. The lowest BCUT2D eigenvalue weighted by Crippen LogP contribution is -2.43. The van der Waals surface area contributed by atoms with Gasteiger partial charge in [-0.15, -0.1) is 0 Å². The summed E-state index contributed by atoms with van der Waals surface area (Å²) in [6.07, 6.45) is 1.33. The van der Waals surface area contributed by atoms with E-state index in [0.717, 1.165) is 0 Å². The fraction of sp³-hybridized carbons (Fsp3) is 0.643. The van der Waals surface area contributed by atoms with E-state index in [9.17, 15) is 18.4 Å². The number of ether oxygens (including phenoxy) is 1. The lowest BCUT2D eigenvalue weighted by molar-refractivity contribution is -0.149. The van der Waals surface area contributed by atoms with Crippen LogP contribution in [0.5, 0.6) is 0 Å². The second-order valence-corrected chi connectivity index (χ2v) is 5.24. The molecule has 122 valence electrons. The number of hydrogen-bond acceptors (Lipinski definition) is 4. The largest absolute Gasteiger partial charge is 0.466 e. The highest BCUT2D eigenvalue weighted by atomic mass is 19.3. The smallest absolute Gasteiger partial charge is 0.333 e.